The number of rotatable bonds is 6. The van der Waals surface area contributed by atoms with Crippen LogP contribution in [-0.4, -0.2) is 55.5 Å². The molecule has 3 aliphatic heterocycles. The van der Waals surface area contributed by atoms with Crippen molar-refractivity contribution in [1.29, 1.82) is 0 Å². The summed E-state index contributed by atoms with van der Waals surface area (Å²) in [5.74, 6) is 0. The third-order valence-electron chi connectivity index (χ3n) is 8.94. The normalized spacial score (nSPS) is 42.3. The van der Waals surface area contributed by atoms with Gasteiger partial charge in [-0.3, -0.25) is 0 Å². The Balaban J connectivity index is 1.58. The minimum Gasteiger partial charge on any atom is -0.352 e. The maximum absolute atomic E-state index is 6.16. The molecular weight excluding hydrogens is 396 g/mol. The molecule has 0 amide bonds. The molecule has 3 aliphatic rings. The van der Waals surface area contributed by atoms with E-state index in [1.54, 1.807) is 0 Å². The van der Waals surface area contributed by atoms with Gasteiger partial charge >= 0.3 is 0 Å². The first-order valence-corrected chi connectivity index (χ1v) is 12.0. The topological polar surface area (TPSA) is 55.4 Å². The van der Waals surface area contributed by atoms with Gasteiger partial charge in [-0.05, 0) is 60.3 Å². The van der Waals surface area contributed by atoms with Gasteiger partial charge in [0, 0.05) is 17.3 Å². The number of hydrogen-bond acceptors (Lipinski definition) is 6. The molecule has 0 bridgehead atoms. The van der Waals surface area contributed by atoms with E-state index >= 15 is 0 Å². The molecular formula is C25H46O6. The summed E-state index contributed by atoms with van der Waals surface area (Å²) in [4.78, 5) is 0. The maximum atomic E-state index is 6.16. The molecule has 31 heavy (non-hydrogen) atoms. The molecule has 0 spiro atoms. The first kappa shape index (κ1) is 25.4. The molecule has 0 saturated carbocycles. The third-order valence-corrected chi connectivity index (χ3v) is 8.94. The van der Waals surface area contributed by atoms with Crippen LogP contribution in [0, 0.1) is 10.8 Å². The summed E-state index contributed by atoms with van der Waals surface area (Å²) in [6, 6.07) is 0. The van der Waals surface area contributed by atoms with Gasteiger partial charge in [-0.15, -0.1) is 0 Å². The largest absolute Gasteiger partial charge is 0.352 e. The molecule has 3 saturated heterocycles. The Kier molecular flexibility index (Phi) is 7.24. The zero-order valence-electron chi connectivity index (χ0n) is 21.3. The monoisotopic (exact) mass is 442 g/mol. The van der Waals surface area contributed by atoms with E-state index in [2.05, 4.69) is 62.3 Å². The van der Waals surface area contributed by atoms with Crippen LogP contribution in [0.2, 0.25) is 0 Å². The molecule has 5 atom stereocenters. The Bertz CT molecular complexity index is 617. The zero-order valence-corrected chi connectivity index (χ0v) is 21.3. The molecule has 6 nitrogen and oxygen atoms in total. The van der Waals surface area contributed by atoms with Gasteiger partial charge < -0.3 is 28.4 Å². The molecule has 0 N–H and O–H groups in total. The Morgan fingerprint density at radius 1 is 0.645 bits per heavy atom. The SMILES string of the molecule is CC1OCOC(CCC2(C)CC(C)(CCC3OCOC(C)(C)C3(C)C)OCO2)C1(C)C. The van der Waals surface area contributed by atoms with Crippen LogP contribution < -0.4 is 0 Å². The van der Waals surface area contributed by atoms with E-state index in [1.165, 1.54) is 0 Å². The van der Waals surface area contributed by atoms with Gasteiger partial charge in [0.2, 0.25) is 0 Å². The Morgan fingerprint density at radius 3 is 1.81 bits per heavy atom. The summed E-state index contributed by atoms with van der Waals surface area (Å²) in [7, 11) is 0. The number of ether oxygens (including phenoxy) is 6. The molecule has 3 fully saturated rings. The van der Waals surface area contributed by atoms with Crippen LogP contribution in [0.3, 0.4) is 0 Å². The minimum absolute atomic E-state index is 0.0120. The van der Waals surface area contributed by atoms with Crippen molar-refractivity contribution in [3.05, 3.63) is 0 Å². The maximum Gasteiger partial charge on any atom is 0.148 e. The van der Waals surface area contributed by atoms with Crippen molar-refractivity contribution < 1.29 is 28.4 Å². The fourth-order valence-electron chi connectivity index (χ4n) is 5.26. The second-order valence-corrected chi connectivity index (χ2v) is 12.1. The lowest BCUT2D eigenvalue weighted by Gasteiger charge is -2.51. The first-order valence-electron chi connectivity index (χ1n) is 12.0. The summed E-state index contributed by atoms with van der Waals surface area (Å²) in [5.41, 5.74) is -0.746. The van der Waals surface area contributed by atoms with Gasteiger partial charge in [0.05, 0.1) is 35.1 Å². The van der Waals surface area contributed by atoms with Crippen molar-refractivity contribution in [2.45, 2.75) is 130 Å². The standard InChI is InChI=1S/C25H46O6/c1-18-21(2,3)19(27-15-26-18)10-12-24(8)14-25(9,31-17-30-24)13-11-20-22(4,5)23(6,7)29-16-28-20/h18-20H,10-17H2,1-9H3. The lowest BCUT2D eigenvalue weighted by Crippen LogP contribution is -2.55. The highest BCUT2D eigenvalue weighted by atomic mass is 16.7. The molecule has 0 radical (unpaired) electrons. The van der Waals surface area contributed by atoms with Crippen LogP contribution in [-0.2, 0) is 28.4 Å². The predicted molar refractivity (Wildman–Crippen MR) is 120 cm³/mol. The molecule has 5 unspecified atom stereocenters. The van der Waals surface area contributed by atoms with Crippen molar-refractivity contribution in [3.8, 4) is 0 Å². The highest BCUT2D eigenvalue weighted by molar-refractivity contribution is 4.98. The molecule has 0 aromatic carbocycles. The van der Waals surface area contributed by atoms with Crippen LogP contribution in [0.1, 0.15) is 94.4 Å². The Labute approximate surface area is 189 Å². The van der Waals surface area contributed by atoms with Crippen LogP contribution in [0.15, 0.2) is 0 Å². The quantitative estimate of drug-likeness (QED) is 0.547. The van der Waals surface area contributed by atoms with Crippen molar-refractivity contribution in [1.82, 2.24) is 0 Å². The third kappa shape index (κ3) is 5.30. The van der Waals surface area contributed by atoms with Gasteiger partial charge in [-0.1, -0.05) is 27.7 Å². The van der Waals surface area contributed by atoms with Gasteiger partial charge in [0.1, 0.15) is 20.4 Å². The van der Waals surface area contributed by atoms with E-state index in [4.69, 9.17) is 28.4 Å². The van der Waals surface area contributed by atoms with E-state index in [9.17, 15) is 0 Å². The van der Waals surface area contributed by atoms with E-state index in [0.29, 0.717) is 20.4 Å². The van der Waals surface area contributed by atoms with Gasteiger partial charge in [-0.25, -0.2) is 0 Å². The molecule has 0 aromatic rings. The molecule has 3 heterocycles. The summed E-state index contributed by atoms with van der Waals surface area (Å²) < 4.78 is 35.9. The summed E-state index contributed by atoms with van der Waals surface area (Å²) in [6.07, 6.45) is 5.15. The lowest BCUT2D eigenvalue weighted by molar-refractivity contribution is -0.287. The zero-order chi connectivity index (χ0) is 23.1. The Morgan fingerprint density at radius 2 is 1.19 bits per heavy atom. The fourth-order valence-corrected chi connectivity index (χ4v) is 5.26. The van der Waals surface area contributed by atoms with Crippen molar-refractivity contribution in [2.75, 3.05) is 20.4 Å². The van der Waals surface area contributed by atoms with Crippen LogP contribution in [0.4, 0.5) is 0 Å². The van der Waals surface area contributed by atoms with E-state index in [-0.39, 0.29) is 45.9 Å². The van der Waals surface area contributed by atoms with Crippen molar-refractivity contribution in [2.24, 2.45) is 10.8 Å². The predicted octanol–water partition coefficient (Wildman–Crippen LogP) is 5.42. The lowest BCUT2D eigenvalue weighted by atomic mass is 9.69. The van der Waals surface area contributed by atoms with Crippen molar-refractivity contribution >= 4 is 0 Å². The number of hydrogen-bond donors (Lipinski definition) is 0. The summed E-state index contributed by atoms with van der Waals surface area (Å²) in [5, 5.41) is 0. The van der Waals surface area contributed by atoms with Gasteiger partial charge in [0.25, 0.3) is 0 Å². The van der Waals surface area contributed by atoms with E-state index < -0.39 is 0 Å². The van der Waals surface area contributed by atoms with E-state index in [0.717, 1.165) is 32.1 Å². The highest BCUT2D eigenvalue weighted by Crippen LogP contribution is 2.46. The van der Waals surface area contributed by atoms with Gasteiger partial charge in [0.15, 0.2) is 0 Å². The van der Waals surface area contributed by atoms with Crippen molar-refractivity contribution in [3.63, 3.8) is 0 Å². The molecule has 0 aromatic heterocycles. The van der Waals surface area contributed by atoms with Gasteiger partial charge in [-0.2, -0.15) is 0 Å². The van der Waals surface area contributed by atoms with E-state index in [1.807, 2.05) is 0 Å². The van der Waals surface area contributed by atoms with Crippen LogP contribution in [0.25, 0.3) is 0 Å². The smallest absolute Gasteiger partial charge is 0.148 e. The van der Waals surface area contributed by atoms with Crippen LogP contribution >= 0.6 is 0 Å². The first-order chi connectivity index (χ1) is 14.2. The summed E-state index contributed by atoms with van der Waals surface area (Å²) in [6.45, 7) is 20.9. The molecule has 3 rings (SSSR count). The average Bonchev–Trinajstić information content (AvgIpc) is 2.64. The second-order valence-electron chi connectivity index (χ2n) is 12.1. The molecule has 182 valence electrons. The Hall–Kier alpha value is -0.240. The highest BCUT2D eigenvalue weighted by Gasteiger charge is 2.50. The summed E-state index contributed by atoms with van der Waals surface area (Å²) >= 11 is 0. The minimum atomic E-state index is -0.228. The fraction of sp³-hybridized carbons (Fsp3) is 1.00. The molecule has 0 aliphatic carbocycles. The second kappa shape index (κ2) is 8.84. The molecule has 6 heteroatoms. The van der Waals surface area contributed by atoms with Crippen LogP contribution in [0.5, 0.6) is 0 Å². The average molecular weight is 443 g/mol.